The number of anilines is 1. The number of nitrogens with zero attached hydrogens (tertiary/aromatic N) is 6. The molecule has 0 aliphatic heterocycles. The highest BCUT2D eigenvalue weighted by atomic mass is 19.4. The Bertz CT molecular complexity index is 1750. The number of alkyl halides is 3. The van der Waals surface area contributed by atoms with Crippen LogP contribution in [0.2, 0.25) is 0 Å². The highest BCUT2D eigenvalue weighted by molar-refractivity contribution is 5.83. The number of aromatic nitrogens is 6. The van der Waals surface area contributed by atoms with Crippen LogP contribution in [0.15, 0.2) is 53.5 Å². The maximum Gasteiger partial charge on any atom is 0.405 e. The largest absolute Gasteiger partial charge is 0.497 e. The van der Waals surface area contributed by atoms with Crippen LogP contribution in [-0.2, 0) is 13.5 Å². The third-order valence-corrected chi connectivity index (χ3v) is 6.44. The normalized spacial score (nSPS) is 11.9. The van der Waals surface area contributed by atoms with Crippen molar-refractivity contribution in [1.82, 2.24) is 34.4 Å². The fraction of sp³-hybridized carbons (Fsp3) is 0.296. The van der Waals surface area contributed by atoms with Gasteiger partial charge >= 0.3 is 6.18 Å². The molecule has 11 nitrogen and oxygen atoms in total. The maximum atomic E-state index is 14.0. The lowest BCUT2D eigenvalue weighted by atomic mass is 10.1. The minimum atomic E-state index is -4.48. The smallest absolute Gasteiger partial charge is 0.405 e. The average molecular weight is 569 g/mol. The highest BCUT2D eigenvalue weighted by Gasteiger charge is 2.27. The molecule has 0 aliphatic carbocycles. The van der Waals surface area contributed by atoms with Gasteiger partial charge in [-0.25, -0.2) is 15.0 Å². The highest BCUT2D eigenvalue weighted by Crippen LogP contribution is 2.25. The fourth-order valence-corrected chi connectivity index (χ4v) is 4.42. The monoisotopic (exact) mass is 568 g/mol. The Morgan fingerprint density at radius 2 is 1.80 bits per heavy atom. The van der Waals surface area contributed by atoms with Crippen LogP contribution >= 0.6 is 0 Å². The molecular formula is C27H27F3N8O3. The molecule has 0 fully saturated rings. The number of fused-ring (bicyclic) bond motifs is 2. The Hall–Kier alpha value is -4.56. The van der Waals surface area contributed by atoms with Crippen LogP contribution in [0, 0.1) is 0 Å². The molecule has 0 aliphatic rings. The second-order valence-corrected chi connectivity index (χ2v) is 9.18. The van der Waals surface area contributed by atoms with E-state index in [1.807, 2.05) is 17.7 Å². The first kappa shape index (κ1) is 28.0. The van der Waals surface area contributed by atoms with Gasteiger partial charge in [-0.15, -0.1) is 0 Å². The van der Waals surface area contributed by atoms with Gasteiger partial charge in [-0.1, -0.05) is 6.07 Å². The summed E-state index contributed by atoms with van der Waals surface area (Å²) in [4.78, 5) is 31.4. The molecule has 5 rings (SSSR count). The molecule has 0 atom stereocenters. The van der Waals surface area contributed by atoms with Crippen molar-refractivity contribution in [2.24, 2.45) is 7.05 Å². The van der Waals surface area contributed by atoms with E-state index in [4.69, 9.17) is 9.84 Å². The average Bonchev–Trinajstić information content (AvgIpc) is 3.28. The Morgan fingerprint density at radius 1 is 1.02 bits per heavy atom. The number of nitrogens with one attached hydrogen (secondary N) is 2. The molecule has 3 aromatic heterocycles. The molecule has 5 aromatic rings. The summed E-state index contributed by atoms with van der Waals surface area (Å²) in [5.41, 5.74) is 2.34. The first-order chi connectivity index (χ1) is 19.7. The number of aryl methyl sites for hydroxylation is 1. The van der Waals surface area contributed by atoms with Gasteiger partial charge < -0.3 is 25.0 Å². The molecule has 214 valence electrons. The number of hydrogen-bond acceptors (Lipinski definition) is 9. The quantitative estimate of drug-likeness (QED) is 0.218. The molecule has 0 bridgehead atoms. The number of aliphatic hydroxyl groups excluding tert-OH is 1. The first-order valence-corrected chi connectivity index (χ1v) is 12.7. The molecule has 14 heteroatoms. The number of methoxy groups -OCH3 is 1. The van der Waals surface area contributed by atoms with E-state index in [1.54, 1.807) is 36.4 Å². The van der Waals surface area contributed by atoms with Gasteiger partial charge in [-0.05, 0) is 36.4 Å². The number of imidazole rings is 1. The number of hydrogen-bond donors (Lipinski definition) is 3. The third kappa shape index (κ3) is 5.98. The predicted molar refractivity (Wildman–Crippen MR) is 147 cm³/mol. The lowest BCUT2D eigenvalue weighted by Gasteiger charge is -2.14. The number of halogens is 3. The topological polar surface area (TPSA) is 132 Å². The minimum absolute atomic E-state index is 0.0443. The lowest BCUT2D eigenvalue weighted by Crippen LogP contribution is -2.25. The standard InChI is InChI=1S/C27H27F3N8O3/c1-37-21-13-16(3-8-19(21)34-22(37)9-10-31-11-12-39)23-25(40)38(17-4-6-18(41-2)7-5-17)24-20(35-23)14-32-26(36-24)33-15-27(28,29)30/h3-8,13-14,31,39H,9-12,15H2,1-2H3,(H,32,33,36). The van der Waals surface area contributed by atoms with Gasteiger partial charge in [0.1, 0.15) is 29.3 Å². The first-order valence-electron chi connectivity index (χ1n) is 12.7. The molecule has 41 heavy (non-hydrogen) atoms. The fourth-order valence-electron chi connectivity index (χ4n) is 4.42. The summed E-state index contributed by atoms with van der Waals surface area (Å²) < 4.78 is 46.8. The van der Waals surface area contributed by atoms with Crippen LogP contribution in [0.25, 0.3) is 39.1 Å². The summed E-state index contributed by atoms with van der Waals surface area (Å²) in [7, 11) is 3.39. The Kier molecular flexibility index (Phi) is 7.85. The zero-order valence-corrected chi connectivity index (χ0v) is 22.2. The predicted octanol–water partition coefficient (Wildman–Crippen LogP) is 2.84. The van der Waals surface area contributed by atoms with Crippen LogP contribution in [0.1, 0.15) is 5.82 Å². The molecule has 0 saturated carbocycles. The van der Waals surface area contributed by atoms with Gasteiger partial charge in [0, 0.05) is 32.1 Å². The Balaban J connectivity index is 1.63. The second kappa shape index (κ2) is 11.5. The van der Waals surface area contributed by atoms with E-state index in [1.165, 1.54) is 17.9 Å². The molecular weight excluding hydrogens is 541 g/mol. The van der Waals surface area contributed by atoms with E-state index < -0.39 is 18.3 Å². The summed E-state index contributed by atoms with van der Waals surface area (Å²) in [6.07, 6.45) is -2.55. The molecule has 3 heterocycles. The van der Waals surface area contributed by atoms with Crippen molar-refractivity contribution in [3.8, 4) is 22.7 Å². The number of rotatable bonds is 10. The van der Waals surface area contributed by atoms with Gasteiger partial charge in [0.25, 0.3) is 5.56 Å². The van der Waals surface area contributed by atoms with E-state index >= 15 is 0 Å². The van der Waals surface area contributed by atoms with Crippen LogP contribution in [0.3, 0.4) is 0 Å². The van der Waals surface area contributed by atoms with Gasteiger partial charge in [0.05, 0.1) is 36.6 Å². The Labute approximate surface area is 231 Å². The second-order valence-electron chi connectivity index (χ2n) is 9.18. The van der Waals surface area contributed by atoms with Gasteiger partial charge in [-0.2, -0.15) is 18.2 Å². The van der Waals surface area contributed by atoms with Crippen molar-refractivity contribution in [3.05, 3.63) is 64.8 Å². The van der Waals surface area contributed by atoms with E-state index in [9.17, 15) is 18.0 Å². The molecule has 0 saturated heterocycles. The zero-order chi connectivity index (χ0) is 29.1. The van der Waals surface area contributed by atoms with Crippen LogP contribution in [0.5, 0.6) is 5.75 Å². The molecule has 2 aromatic carbocycles. The van der Waals surface area contributed by atoms with E-state index in [0.717, 1.165) is 16.9 Å². The summed E-state index contributed by atoms with van der Waals surface area (Å²) in [5.74, 6) is 1.10. The summed E-state index contributed by atoms with van der Waals surface area (Å²) in [6, 6.07) is 12.0. The van der Waals surface area contributed by atoms with Gasteiger partial charge in [0.2, 0.25) is 5.95 Å². The van der Waals surface area contributed by atoms with Crippen molar-refractivity contribution in [3.63, 3.8) is 0 Å². The van der Waals surface area contributed by atoms with Gasteiger partial charge in [-0.3, -0.25) is 9.36 Å². The van der Waals surface area contributed by atoms with Gasteiger partial charge in [0.15, 0.2) is 5.65 Å². The summed E-state index contributed by atoms with van der Waals surface area (Å²) >= 11 is 0. The van der Waals surface area contributed by atoms with Crippen LogP contribution < -0.4 is 20.9 Å². The van der Waals surface area contributed by atoms with Crippen LogP contribution in [0.4, 0.5) is 19.1 Å². The maximum absolute atomic E-state index is 14.0. The molecule has 3 N–H and O–H groups in total. The SMILES string of the molecule is COc1ccc(-n2c(=O)c(-c3ccc4nc(CCNCCO)n(C)c4c3)nc3cnc(NCC(F)(F)F)nc32)cc1. The molecule has 0 unspecified atom stereocenters. The lowest BCUT2D eigenvalue weighted by molar-refractivity contribution is -0.115. The van der Waals surface area contributed by atoms with Crippen molar-refractivity contribution in [2.75, 3.05) is 38.7 Å². The van der Waals surface area contributed by atoms with Crippen molar-refractivity contribution >= 4 is 28.1 Å². The number of benzene rings is 2. The number of aliphatic hydroxyl groups is 1. The molecule has 0 spiro atoms. The Morgan fingerprint density at radius 3 is 2.51 bits per heavy atom. The summed E-state index contributed by atoms with van der Waals surface area (Å²) in [6.45, 7) is -0.148. The van der Waals surface area contributed by atoms with Crippen molar-refractivity contribution < 1.29 is 23.0 Å². The van der Waals surface area contributed by atoms with E-state index in [0.29, 0.717) is 36.5 Å². The van der Waals surface area contributed by atoms with Crippen molar-refractivity contribution in [2.45, 2.75) is 12.6 Å². The zero-order valence-electron chi connectivity index (χ0n) is 22.2. The van der Waals surface area contributed by atoms with Crippen molar-refractivity contribution in [1.29, 1.82) is 0 Å². The summed E-state index contributed by atoms with van der Waals surface area (Å²) in [5, 5.41) is 14.2. The minimum Gasteiger partial charge on any atom is -0.497 e. The molecule has 0 amide bonds. The molecule has 0 radical (unpaired) electrons. The van der Waals surface area contributed by atoms with E-state index in [2.05, 4.69) is 30.6 Å². The number of ether oxygens (including phenoxy) is 1. The van der Waals surface area contributed by atoms with E-state index in [-0.39, 0.29) is 29.4 Å². The van der Waals surface area contributed by atoms with Crippen LogP contribution in [-0.4, -0.2) is 73.7 Å². The third-order valence-electron chi connectivity index (χ3n) is 6.44.